The highest BCUT2D eigenvalue weighted by Crippen LogP contribution is 2.43. The molecule has 1 aliphatic heterocycles. The Hall–Kier alpha value is -3.07. The minimum atomic E-state index is -0.858. The summed E-state index contributed by atoms with van der Waals surface area (Å²) in [5.41, 5.74) is 6.96. The number of thiophene rings is 1. The van der Waals surface area contributed by atoms with E-state index in [1.54, 1.807) is 19.1 Å². The number of benzene rings is 1. The first kappa shape index (κ1) is 18.7. The van der Waals surface area contributed by atoms with Gasteiger partial charge in [-0.3, -0.25) is 9.59 Å². The van der Waals surface area contributed by atoms with E-state index in [1.807, 2.05) is 0 Å². The average Bonchev–Trinajstić information content (AvgIpc) is 3.11. The molecule has 1 aliphatic rings. The molecule has 9 heteroatoms. The number of ketones is 1. The van der Waals surface area contributed by atoms with Crippen molar-refractivity contribution in [2.75, 3.05) is 19.5 Å². The summed E-state index contributed by atoms with van der Waals surface area (Å²) in [6.45, 7) is 3.07. The van der Waals surface area contributed by atoms with Gasteiger partial charge in [-0.15, -0.1) is 11.3 Å². The Morgan fingerprint density at radius 2 is 1.96 bits per heavy atom. The number of carbonyl (C=O) groups is 3. The smallest absolute Gasteiger partial charge is 0.344 e. The van der Waals surface area contributed by atoms with E-state index < -0.39 is 18.1 Å². The Labute approximate surface area is 159 Å². The van der Waals surface area contributed by atoms with Crippen LogP contribution in [0.5, 0.6) is 11.5 Å². The molecule has 1 aromatic carbocycles. The largest absolute Gasteiger partial charge is 0.493 e. The monoisotopic (exact) mass is 390 g/mol. The van der Waals surface area contributed by atoms with E-state index in [0.29, 0.717) is 26.8 Å². The second-order valence-corrected chi connectivity index (χ2v) is 6.90. The number of nitrogens with one attached hydrogen (secondary N) is 1. The number of hydrogen-bond donors (Lipinski definition) is 2. The molecule has 27 heavy (non-hydrogen) atoms. The van der Waals surface area contributed by atoms with E-state index in [0.717, 1.165) is 11.3 Å². The molecule has 0 radical (unpaired) electrons. The lowest BCUT2D eigenvalue weighted by Crippen LogP contribution is -2.16. The summed E-state index contributed by atoms with van der Waals surface area (Å²) < 4.78 is 15.9. The van der Waals surface area contributed by atoms with Crippen LogP contribution in [0.2, 0.25) is 0 Å². The van der Waals surface area contributed by atoms with E-state index in [-0.39, 0.29) is 22.7 Å². The fourth-order valence-corrected chi connectivity index (χ4v) is 4.20. The second kappa shape index (κ2) is 6.92. The molecular formula is C18H18N2O6S. The van der Waals surface area contributed by atoms with Crippen molar-refractivity contribution in [2.24, 2.45) is 5.73 Å². The number of esters is 1. The number of methoxy groups -OCH3 is 2. The molecule has 1 amide bonds. The van der Waals surface area contributed by atoms with Gasteiger partial charge < -0.3 is 25.3 Å². The molecular weight excluding hydrogens is 372 g/mol. The summed E-state index contributed by atoms with van der Waals surface area (Å²) in [6.07, 6.45) is -0.858. The molecule has 0 spiro atoms. The van der Waals surface area contributed by atoms with Crippen molar-refractivity contribution in [2.45, 2.75) is 20.1 Å². The van der Waals surface area contributed by atoms with Gasteiger partial charge in [0.05, 0.1) is 24.7 Å². The summed E-state index contributed by atoms with van der Waals surface area (Å²) >= 11 is 1.09. The number of Topliss-reactive ketones (excluding diaryl/α,β-unsaturated/α-hetero) is 1. The maximum atomic E-state index is 12.4. The zero-order valence-corrected chi connectivity index (χ0v) is 16.0. The molecule has 0 bridgehead atoms. The quantitative estimate of drug-likeness (QED) is 0.575. The van der Waals surface area contributed by atoms with Gasteiger partial charge in [0.2, 0.25) is 6.23 Å². The summed E-state index contributed by atoms with van der Waals surface area (Å²) in [5.74, 6) is -0.762. The topological polar surface area (TPSA) is 117 Å². The SMILES string of the molecule is COc1ccc2c(c1OC)C(=O)O[C@H]2Nc1sc(C(C)=O)c(C)c1C(N)=O. The van der Waals surface area contributed by atoms with E-state index in [1.165, 1.54) is 21.1 Å². The highest BCUT2D eigenvalue weighted by molar-refractivity contribution is 7.18. The molecule has 8 nitrogen and oxygen atoms in total. The van der Waals surface area contributed by atoms with Crippen molar-refractivity contribution < 1.29 is 28.6 Å². The van der Waals surface area contributed by atoms with E-state index in [4.69, 9.17) is 19.9 Å². The molecule has 3 rings (SSSR count). The Morgan fingerprint density at radius 3 is 2.52 bits per heavy atom. The fourth-order valence-electron chi connectivity index (χ4n) is 3.07. The zero-order chi connectivity index (χ0) is 19.9. The lowest BCUT2D eigenvalue weighted by atomic mass is 10.1. The van der Waals surface area contributed by atoms with Crippen molar-refractivity contribution in [3.8, 4) is 11.5 Å². The minimum absolute atomic E-state index is 0.178. The van der Waals surface area contributed by atoms with Crippen LogP contribution in [0.4, 0.5) is 5.00 Å². The zero-order valence-electron chi connectivity index (χ0n) is 15.2. The number of ether oxygens (including phenoxy) is 3. The van der Waals surface area contributed by atoms with Crippen LogP contribution >= 0.6 is 11.3 Å². The molecule has 142 valence electrons. The predicted octanol–water partition coefficient (Wildman–Crippen LogP) is 2.66. The van der Waals surface area contributed by atoms with Gasteiger partial charge in [-0.2, -0.15) is 0 Å². The fraction of sp³-hybridized carbons (Fsp3) is 0.278. The lowest BCUT2D eigenvalue weighted by Gasteiger charge is -2.14. The summed E-state index contributed by atoms with van der Waals surface area (Å²) in [7, 11) is 2.90. The Bertz CT molecular complexity index is 965. The molecule has 0 aliphatic carbocycles. The van der Waals surface area contributed by atoms with Crippen molar-refractivity contribution in [1.82, 2.24) is 0 Å². The number of amides is 1. The van der Waals surface area contributed by atoms with E-state index in [2.05, 4.69) is 5.32 Å². The number of hydrogen-bond acceptors (Lipinski definition) is 8. The molecule has 3 N–H and O–H groups in total. The Morgan fingerprint density at radius 1 is 1.26 bits per heavy atom. The third kappa shape index (κ3) is 2.99. The number of nitrogens with two attached hydrogens (primary N) is 1. The first-order chi connectivity index (χ1) is 12.8. The van der Waals surface area contributed by atoms with Gasteiger partial charge in [0.15, 0.2) is 17.3 Å². The number of carbonyl (C=O) groups excluding carboxylic acids is 3. The second-order valence-electron chi connectivity index (χ2n) is 5.88. The molecule has 0 saturated carbocycles. The van der Waals surface area contributed by atoms with Gasteiger partial charge >= 0.3 is 5.97 Å². The predicted molar refractivity (Wildman–Crippen MR) is 98.9 cm³/mol. The van der Waals surface area contributed by atoms with Crippen LogP contribution in [0, 0.1) is 6.92 Å². The van der Waals surface area contributed by atoms with Crippen LogP contribution in [0.3, 0.4) is 0 Å². The first-order valence-electron chi connectivity index (χ1n) is 7.96. The maximum absolute atomic E-state index is 12.4. The molecule has 0 unspecified atom stereocenters. The van der Waals surface area contributed by atoms with Gasteiger partial charge in [0.25, 0.3) is 5.91 Å². The number of rotatable bonds is 6. The van der Waals surface area contributed by atoms with Crippen LogP contribution < -0.4 is 20.5 Å². The van der Waals surface area contributed by atoms with Crippen LogP contribution in [-0.2, 0) is 4.74 Å². The highest BCUT2D eigenvalue weighted by Gasteiger charge is 2.37. The van der Waals surface area contributed by atoms with Gasteiger partial charge in [-0.05, 0) is 31.5 Å². The minimum Gasteiger partial charge on any atom is -0.493 e. The Kier molecular flexibility index (Phi) is 4.79. The van der Waals surface area contributed by atoms with Crippen LogP contribution in [0.1, 0.15) is 54.7 Å². The molecule has 0 saturated heterocycles. The van der Waals surface area contributed by atoms with Crippen molar-refractivity contribution in [3.63, 3.8) is 0 Å². The number of cyclic esters (lactones) is 1. The summed E-state index contributed by atoms with van der Waals surface area (Å²) in [5, 5.41) is 3.37. The average molecular weight is 390 g/mol. The first-order valence-corrected chi connectivity index (χ1v) is 8.78. The van der Waals surface area contributed by atoms with Crippen molar-refractivity contribution >= 4 is 34.0 Å². The number of anilines is 1. The third-order valence-corrected chi connectivity index (χ3v) is 5.59. The van der Waals surface area contributed by atoms with Crippen molar-refractivity contribution in [3.05, 3.63) is 39.3 Å². The van der Waals surface area contributed by atoms with Crippen LogP contribution in [0.25, 0.3) is 0 Å². The molecule has 0 fully saturated rings. The standard InChI is InChI=1S/C18H18N2O6S/c1-7-11(15(19)22)17(27-14(7)8(2)21)20-16-9-5-6-10(24-3)13(25-4)12(9)18(23)26-16/h5-6,16,20H,1-4H3,(H2,19,22)/t16-/m1/s1. The molecule has 2 aromatic rings. The van der Waals surface area contributed by atoms with Gasteiger partial charge in [0, 0.05) is 5.56 Å². The lowest BCUT2D eigenvalue weighted by molar-refractivity contribution is 0.0435. The summed E-state index contributed by atoms with van der Waals surface area (Å²) in [6, 6.07) is 3.33. The molecule has 1 atom stereocenters. The van der Waals surface area contributed by atoms with Crippen LogP contribution in [0.15, 0.2) is 12.1 Å². The van der Waals surface area contributed by atoms with E-state index >= 15 is 0 Å². The number of primary amides is 1. The van der Waals surface area contributed by atoms with Crippen LogP contribution in [-0.4, -0.2) is 31.9 Å². The van der Waals surface area contributed by atoms with Gasteiger partial charge in [-0.1, -0.05) is 0 Å². The number of fused-ring (bicyclic) bond motifs is 1. The summed E-state index contributed by atoms with van der Waals surface area (Å²) in [4.78, 5) is 36.5. The Balaban J connectivity index is 2.06. The maximum Gasteiger partial charge on any atom is 0.344 e. The highest BCUT2D eigenvalue weighted by atomic mass is 32.1. The van der Waals surface area contributed by atoms with E-state index in [9.17, 15) is 14.4 Å². The molecule has 2 heterocycles. The molecule has 1 aromatic heterocycles. The normalized spacial score (nSPS) is 15.1. The van der Waals surface area contributed by atoms with Gasteiger partial charge in [-0.25, -0.2) is 4.79 Å². The third-order valence-electron chi connectivity index (χ3n) is 4.26. The van der Waals surface area contributed by atoms with Crippen molar-refractivity contribution in [1.29, 1.82) is 0 Å². The van der Waals surface area contributed by atoms with Gasteiger partial charge in [0.1, 0.15) is 10.6 Å².